The Morgan fingerprint density at radius 2 is 1.59 bits per heavy atom. The van der Waals surface area contributed by atoms with Gasteiger partial charge in [-0.25, -0.2) is 0 Å². The van der Waals surface area contributed by atoms with Crippen LogP contribution in [0.1, 0.15) is 37.8 Å². The molecule has 0 N–H and O–H groups in total. The molecule has 1 heterocycles. The number of allylic oxidation sites excluding steroid dienone is 1. The molecule has 0 radical (unpaired) electrons. The van der Waals surface area contributed by atoms with E-state index in [9.17, 15) is 0 Å². The highest BCUT2D eigenvalue weighted by atomic mass is 14.9. The minimum atomic E-state index is -0.198. The van der Waals surface area contributed by atoms with Gasteiger partial charge in [0.1, 0.15) is 5.54 Å². The van der Waals surface area contributed by atoms with Crippen molar-refractivity contribution in [2.24, 2.45) is 10.9 Å². The second-order valence-electron chi connectivity index (χ2n) is 6.32. The van der Waals surface area contributed by atoms with Crippen molar-refractivity contribution in [2.45, 2.75) is 32.2 Å². The first-order chi connectivity index (χ1) is 10.7. The Balaban J connectivity index is 2.03. The number of benzene rings is 2. The molecule has 2 aromatic carbocycles. The highest BCUT2D eigenvalue weighted by molar-refractivity contribution is 6.02. The number of aliphatic imine (C=N–C) groups is 1. The molecule has 1 aliphatic rings. The lowest BCUT2D eigenvalue weighted by molar-refractivity contribution is 0.558. The summed E-state index contributed by atoms with van der Waals surface area (Å²) >= 11 is 0. The molecule has 0 aliphatic carbocycles. The molecule has 0 saturated heterocycles. The first-order valence-corrected chi connectivity index (χ1v) is 8.09. The summed E-state index contributed by atoms with van der Waals surface area (Å²) in [6, 6.07) is 21.2. The topological polar surface area (TPSA) is 12.4 Å². The lowest BCUT2D eigenvalue weighted by atomic mass is 9.86. The van der Waals surface area contributed by atoms with E-state index < -0.39 is 0 Å². The van der Waals surface area contributed by atoms with E-state index in [2.05, 4.69) is 86.7 Å². The van der Waals surface area contributed by atoms with Gasteiger partial charge in [-0.15, -0.1) is 0 Å². The first-order valence-electron chi connectivity index (χ1n) is 8.09. The molecule has 0 bridgehead atoms. The smallest absolute Gasteiger partial charge is 0.104 e. The third-order valence-corrected chi connectivity index (χ3v) is 4.21. The van der Waals surface area contributed by atoms with Gasteiger partial charge in [0.05, 0.1) is 0 Å². The summed E-state index contributed by atoms with van der Waals surface area (Å²) < 4.78 is 0. The summed E-state index contributed by atoms with van der Waals surface area (Å²) in [5.74, 6) is 0.538. The Morgan fingerprint density at radius 1 is 0.955 bits per heavy atom. The predicted octanol–water partition coefficient (Wildman–Crippen LogP) is 5.38. The summed E-state index contributed by atoms with van der Waals surface area (Å²) in [5.41, 5.74) is 3.56. The SMILES string of the molecule is CC(C)/C=C/C1(c2ccccc2)CCC(c2ccccc2)=N1. The first kappa shape index (κ1) is 14.8. The van der Waals surface area contributed by atoms with Crippen LogP contribution in [0, 0.1) is 5.92 Å². The zero-order chi connectivity index (χ0) is 15.4. The number of rotatable bonds is 4. The third-order valence-electron chi connectivity index (χ3n) is 4.21. The van der Waals surface area contributed by atoms with Crippen molar-refractivity contribution < 1.29 is 0 Å². The molecule has 1 heteroatoms. The van der Waals surface area contributed by atoms with Gasteiger partial charge in [-0.3, -0.25) is 4.99 Å². The van der Waals surface area contributed by atoms with E-state index in [1.54, 1.807) is 0 Å². The second kappa shape index (κ2) is 6.31. The van der Waals surface area contributed by atoms with Gasteiger partial charge in [-0.05, 0) is 29.9 Å². The fourth-order valence-electron chi connectivity index (χ4n) is 3.01. The average Bonchev–Trinajstić information content (AvgIpc) is 3.00. The Hall–Kier alpha value is -2.15. The van der Waals surface area contributed by atoms with Crippen molar-refractivity contribution in [2.75, 3.05) is 0 Å². The highest BCUT2D eigenvalue weighted by Gasteiger charge is 2.34. The van der Waals surface area contributed by atoms with E-state index in [1.165, 1.54) is 16.8 Å². The summed E-state index contributed by atoms with van der Waals surface area (Å²) in [6.07, 6.45) is 6.67. The normalized spacial score (nSPS) is 21.5. The van der Waals surface area contributed by atoms with Gasteiger partial charge in [0.25, 0.3) is 0 Å². The van der Waals surface area contributed by atoms with E-state index in [0.717, 1.165) is 12.8 Å². The molecule has 3 rings (SSSR count). The Labute approximate surface area is 133 Å². The van der Waals surface area contributed by atoms with E-state index in [0.29, 0.717) is 5.92 Å². The minimum Gasteiger partial charge on any atom is -0.274 e. The molecule has 0 saturated carbocycles. The summed E-state index contributed by atoms with van der Waals surface area (Å²) in [4.78, 5) is 5.16. The molecule has 0 fully saturated rings. The molecular weight excluding hydrogens is 266 g/mol. The largest absolute Gasteiger partial charge is 0.274 e. The fourth-order valence-corrected chi connectivity index (χ4v) is 3.01. The monoisotopic (exact) mass is 289 g/mol. The molecule has 22 heavy (non-hydrogen) atoms. The van der Waals surface area contributed by atoms with Crippen LogP contribution in [0.15, 0.2) is 77.8 Å². The van der Waals surface area contributed by atoms with Gasteiger partial charge in [0, 0.05) is 5.71 Å². The van der Waals surface area contributed by atoms with Crippen molar-refractivity contribution >= 4 is 5.71 Å². The standard InChI is InChI=1S/C21H23N/c1-17(2)13-15-21(19-11-7-4-8-12-19)16-14-20(22-21)18-9-5-3-6-10-18/h3-13,15,17H,14,16H2,1-2H3/b15-13+. The van der Waals surface area contributed by atoms with Gasteiger partial charge in [-0.1, -0.05) is 86.7 Å². The Kier molecular flexibility index (Phi) is 4.24. The molecule has 1 unspecified atom stereocenters. The molecule has 0 amide bonds. The van der Waals surface area contributed by atoms with Crippen molar-refractivity contribution in [3.05, 3.63) is 83.9 Å². The maximum atomic E-state index is 5.16. The number of nitrogens with zero attached hydrogens (tertiary/aromatic N) is 1. The van der Waals surface area contributed by atoms with Gasteiger partial charge < -0.3 is 0 Å². The predicted molar refractivity (Wildman–Crippen MR) is 94.3 cm³/mol. The van der Waals surface area contributed by atoms with Crippen molar-refractivity contribution in [3.63, 3.8) is 0 Å². The molecule has 0 spiro atoms. The van der Waals surface area contributed by atoms with Crippen molar-refractivity contribution in [3.8, 4) is 0 Å². The quantitative estimate of drug-likeness (QED) is 0.670. The molecule has 112 valence electrons. The van der Waals surface area contributed by atoms with Crippen molar-refractivity contribution in [1.82, 2.24) is 0 Å². The van der Waals surface area contributed by atoms with Crippen LogP contribution in [-0.2, 0) is 5.54 Å². The fraction of sp³-hybridized carbons (Fsp3) is 0.286. The van der Waals surface area contributed by atoms with Crippen LogP contribution in [0.4, 0.5) is 0 Å². The third kappa shape index (κ3) is 3.04. The molecular formula is C21H23N. The molecule has 1 atom stereocenters. The molecule has 1 nitrogen and oxygen atoms in total. The van der Waals surface area contributed by atoms with Crippen LogP contribution in [0.5, 0.6) is 0 Å². The van der Waals surface area contributed by atoms with E-state index in [-0.39, 0.29) is 5.54 Å². The maximum Gasteiger partial charge on any atom is 0.104 e. The molecule has 2 aromatic rings. The van der Waals surface area contributed by atoms with E-state index in [4.69, 9.17) is 4.99 Å². The van der Waals surface area contributed by atoms with Gasteiger partial charge in [0.15, 0.2) is 0 Å². The number of hydrogen-bond donors (Lipinski definition) is 0. The lowest BCUT2D eigenvalue weighted by Gasteiger charge is -2.23. The Morgan fingerprint density at radius 3 is 2.23 bits per heavy atom. The summed E-state index contributed by atoms with van der Waals surface area (Å²) in [7, 11) is 0. The highest BCUT2D eigenvalue weighted by Crippen LogP contribution is 2.39. The number of hydrogen-bond acceptors (Lipinski definition) is 1. The average molecular weight is 289 g/mol. The summed E-state index contributed by atoms with van der Waals surface area (Å²) in [5, 5.41) is 0. The lowest BCUT2D eigenvalue weighted by Crippen LogP contribution is -2.17. The van der Waals surface area contributed by atoms with Gasteiger partial charge in [0.2, 0.25) is 0 Å². The summed E-state index contributed by atoms with van der Waals surface area (Å²) in [6.45, 7) is 4.43. The van der Waals surface area contributed by atoms with Crippen LogP contribution in [-0.4, -0.2) is 5.71 Å². The van der Waals surface area contributed by atoms with Crippen LogP contribution < -0.4 is 0 Å². The van der Waals surface area contributed by atoms with E-state index in [1.807, 2.05) is 0 Å². The zero-order valence-electron chi connectivity index (χ0n) is 13.4. The van der Waals surface area contributed by atoms with E-state index >= 15 is 0 Å². The van der Waals surface area contributed by atoms with Gasteiger partial charge >= 0.3 is 0 Å². The second-order valence-corrected chi connectivity index (χ2v) is 6.32. The zero-order valence-corrected chi connectivity index (χ0v) is 13.4. The van der Waals surface area contributed by atoms with Crippen LogP contribution >= 0.6 is 0 Å². The van der Waals surface area contributed by atoms with Crippen LogP contribution in [0.2, 0.25) is 0 Å². The maximum absolute atomic E-state index is 5.16. The van der Waals surface area contributed by atoms with Crippen LogP contribution in [0.3, 0.4) is 0 Å². The Bertz CT molecular complexity index is 668. The minimum absolute atomic E-state index is 0.198. The van der Waals surface area contributed by atoms with Gasteiger partial charge in [-0.2, -0.15) is 0 Å². The van der Waals surface area contributed by atoms with Crippen molar-refractivity contribution in [1.29, 1.82) is 0 Å². The van der Waals surface area contributed by atoms with Crippen LogP contribution in [0.25, 0.3) is 0 Å². The molecule has 1 aliphatic heterocycles. The molecule has 0 aromatic heterocycles.